The third kappa shape index (κ3) is 3.54. The number of carbonyl (C=O) groups is 1. The van der Waals surface area contributed by atoms with Crippen molar-refractivity contribution in [1.29, 1.82) is 0 Å². The van der Waals surface area contributed by atoms with Crippen LogP contribution in [0.5, 0.6) is 0 Å². The number of piperidine rings is 1. The van der Waals surface area contributed by atoms with E-state index in [0.29, 0.717) is 13.0 Å². The second kappa shape index (κ2) is 7.27. The van der Waals surface area contributed by atoms with E-state index in [1.807, 2.05) is 11.8 Å². The highest BCUT2D eigenvalue weighted by molar-refractivity contribution is 5.73. The second-order valence-corrected chi connectivity index (χ2v) is 6.39. The molecule has 6 heteroatoms. The number of likely N-dealkylation sites (tertiary alicyclic amines) is 1. The summed E-state index contributed by atoms with van der Waals surface area (Å²) < 4.78 is 28.0. The van der Waals surface area contributed by atoms with Gasteiger partial charge in [-0.1, -0.05) is 12.5 Å². The zero-order chi connectivity index (χ0) is 18.0. The van der Waals surface area contributed by atoms with Gasteiger partial charge in [-0.05, 0) is 49.6 Å². The molecule has 0 spiro atoms. The molecule has 1 fully saturated rings. The number of carboxylic acid groups (broad SMARTS) is 1. The normalized spacial score (nSPS) is 19.6. The summed E-state index contributed by atoms with van der Waals surface area (Å²) in [6.07, 6.45) is 5.45. The predicted octanol–water partition coefficient (Wildman–Crippen LogP) is 3.70. The van der Waals surface area contributed by atoms with Crippen molar-refractivity contribution in [2.24, 2.45) is 0 Å². The van der Waals surface area contributed by atoms with Gasteiger partial charge in [0.05, 0.1) is 6.04 Å². The highest BCUT2D eigenvalue weighted by atomic mass is 19.1. The van der Waals surface area contributed by atoms with Gasteiger partial charge in [0.2, 0.25) is 0 Å². The smallest absolute Gasteiger partial charge is 0.320 e. The van der Waals surface area contributed by atoms with E-state index in [2.05, 4.69) is 4.98 Å². The standard InChI is InChI=1S/C19H20F2N2O2/c1-12-11-22-8-7-14(12)18(15-6-5-13(20)10-16(15)21)23-9-3-2-4-17(23)19(24)25/h5-8,10-11,17-18H,2-4,9H2,1H3,(H,24,25). The van der Waals surface area contributed by atoms with Crippen molar-refractivity contribution in [2.45, 2.75) is 38.3 Å². The largest absolute Gasteiger partial charge is 0.480 e. The first-order chi connectivity index (χ1) is 12.0. The zero-order valence-electron chi connectivity index (χ0n) is 14.0. The molecule has 1 aliphatic rings. The maximum Gasteiger partial charge on any atom is 0.320 e. The van der Waals surface area contributed by atoms with Crippen LogP contribution in [-0.4, -0.2) is 33.5 Å². The fourth-order valence-electron chi connectivity index (χ4n) is 3.57. The van der Waals surface area contributed by atoms with Crippen LogP contribution in [0.1, 0.15) is 42.0 Å². The van der Waals surface area contributed by atoms with Crippen LogP contribution in [0.25, 0.3) is 0 Å². The SMILES string of the molecule is Cc1cnccc1C(c1ccc(F)cc1F)N1CCCCC1C(=O)O. The molecule has 2 aromatic rings. The number of aryl methyl sites for hydroxylation is 1. The topological polar surface area (TPSA) is 53.4 Å². The summed E-state index contributed by atoms with van der Waals surface area (Å²) >= 11 is 0. The summed E-state index contributed by atoms with van der Waals surface area (Å²) in [5, 5.41) is 9.63. The fraction of sp³-hybridized carbons (Fsp3) is 0.368. The Morgan fingerprint density at radius 1 is 1.28 bits per heavy atom. The summed E-state index contributed by atoms with van der Waals surface area (Å²) in [4.78, 5) is 17.6. The molecule has 0 aliphatic carbocycles. The lowest BCUT2D eigenvalue weighted by Crippen LogP contribution is -2.47. The number of benzene rings is 1. The molecular weight excluding hydrogens is 326 g/mol. The Morgan fingerprint density at radius 3 is 2.76 bits per heavy atom. The van der Waals surface area contributed by atoms with E-state index >= 15 is 0 Å². The maximum absolute atomic E-state index is 14.6. The van der Waals surface area contributed by atoms with E-state index in [9.17, 15) is 18.7 Å². The quantitative estimate of drug-likeness (QED) is 0.917. The molecule has 0 amide bonds. The van der Waals surface area contributed by atoms with Gasteiger partial charge in [-0.25, -0.2) is 8.78 Å². The van der Waals surface area contributed by atoms with E-state index < -0.39 is 29.7 Å². The van der Waals surface area contributed by atoms with Crippen LogP contribution < -0.4 is 0 Å². The molecule has 2 heterocycles. The van der Waals surface area contributed by atoms with Crippen molar-refractivity contribution in [3.05, 3.63) is 65.0 Å². The van der Waals surface area contributed by atoms with E-state index in [-0.39, 0.29) is 5.56 Å². The van der Waals surface area contributed by atoms with Crippen molar-refractivity contribution < 1.29 is 18.7 Å². The fourth-order valence-corrected chi connectivity index (χ4v) is 3.57. The first-order valence-electron chi connectivity index (χ1n) is 8.33. The van der Waals surface area contributed by atoms with Crippen LogP contribution in [-0.2, 0) is 4.79 Å². The minimum Gasteiger partial charge on any atom is -0.480 e. The minimum atomic E-state index is -0.918. The molecule has 0 saturated carbocycles. The molecule has 2 unspecified atom stereocenters. The molecule has 1 N–H and O–H groups in total. The molecule has 1 saturated heterocycles. The Labute approximate surface area is 145 Å². The number of carboxylic acids is 1. The number of nitrogens with zero attached hydrogens (tertiary/aromatic N) is 2. The Hall–Kier alpha value is -2.34. The molecule has 132 valence electrons. The minimum absolute atomic E-state index is 0.281. The van der Waals surface area contributed by atoms with E-state index in [1.165, 1.54) is 12.1 Å². The Bertz CT molecular complexity index is 782. The van der Waals surface area contributed by atoms with Crippen LogP contribution in [0.3, 0.4) is 0 Å². The molecule has 2 atom stereocenters. The highest BCUT2D eigenvalue weighted by Gasteiger charge is 2.36. The van der Waals surface area contributed by atoms with Gasteiger partial charge < -0.3 is 5.11 Å². The summed E-state index contributed by atoms with van der Waals surface area (Å²) in [6, 6.07) is 3.94. The molecule has 3 rings (SSSR count). The number of pyridine rings is 1. The number of rotatable bonds is 4. The van der Waals surface area contributed by atoms with Gasteiger partial charge in [0.25, 0.3) is 0 Å². The summed E-state index contributed by atoms with van der Waals surface area (Å²) in [6.45, 7) is 2.40. The lowest BCUT2D eigenvalue weighted by Gasteiger charge is -2.40. The molecule has 1 aromatic heterocycles. The Morgan fingerprint density at radius 2 is 2.08 bits per heavy atom. The molecule has 1 aromatic carbocycles. The van der Waals surface area contributed by atoms with Crippen molar-refractivity contribution >= 4 is 5.97 Å². The maximum atomic E-state index is 14.6. The summed E-state index contributed by atoms with van der Waals surface area (Å²) in [5.74, 6) is -2.24. The van der Waals surface area contributed by atoms with Crippen LogP contribution in [0.15, 0.2) is 36.7 Å². The first kappa shape index (κ1) is 17.5. The van der Waals surface area contributed by atoms with Crippen LogP contribution in [0.2, 0.25) is 0 Å². The van der Waals surface area contributed by atoms with Gasteiger partial charge in [-0.2, -0.15) is 0 Å². The summed E-state index contributed by atoms with van der Waals surface area (Å²) in [7, 11) is 0. The van der Waals surface area contributed by atoms with E-state index in [4.69, 9.17) is 0 Å². The molecule has 4 nitrogen and oxygen atoms in total. The lowest BCUT2D eigenvalue weighted by molar-refractivity contribution is -0.145. The predicted molar refractivity (Wildman–Crippen MR) is 89.2 cm³/mol. The number of hydrogen-bond acceptors (Lipinski definition) is 3. The van der Waals surface area contributed by atoms with Gasteiger partial charge in [0, 0.05) is 24.0 Å². The van der Waals surface area contributed by atoms with Crippen LogP contribution in [0, 0.1) is 18.6 Å². The van der Waals surface area contributed by atoms with Gasteiger partial charge in [-0.3, -0.25) is 14.7 Å². The van der Waals surface area contributed by atoms with Crippen molar-refractivity contribution in [1.82, 2.24) is 9.88 Å². The van der Waals surface area contributed by atoms with E-state index in [0.717, 1.165) is 30.0 Å². The average molecular weight is 346 g/mol. The molecular formula is C19H20F2N2O2. The van der Waals surface area contributed by atoms with Gasteiger partial charge >= 0.3 is 5.97 Å². The first-order valence-corrected chi connectivity index (χ1v) is 8.33. The monoisotopic (exact) mass is 346 g/mol. The number of aromatic nitrogens is 1. The molecule has 0 radical (unpaired) electrons. The molecule has 1 aliphatic heterocycles. The van der Waals surface area contributed by atoms with Crippen molar-refractivity contribution in [2.75, 3.05) is 6.54 Å². The molecule has 0 bridgehead atoms. The van der Waals surface area contributed by atoms with Crippen molar-refractivity contribution in [3.8, 4) is 0 Å². The number of halogens is 2. The Kier molecular flexibility index (Phi) is 5.08. The number of aliphatic carboxylic acids is 1. The third-order valence-electron chi connectivity index (χ3n) is 4.78. The van der Waals surface area contributed by atoms with Gasteiger partial charge in [0.15, 0.2) is 0 Å². The second-order valence-electron chi connectivity index (χ2n) is 6.39. The summed E-state index contributed by atoms with van der Waals surface area (Å²) in [5.41, 5.74) is 1.91. The third-order valence-corrected chi connectivity index (χ3v) is 4.78. The Balaban J connectivity index is 2.15. The average Bonchev–Trinajstić information content (AvgIpc) is 2.59. The molecule has 25 heavy (non-hydrogen) atoms. The van der Waals surface area contributed by atoms with Crippen LogP contribution in [0.4, 0.5) is 8.78 Å². The lowest BCUT2D eigenvalue weighted by atomic mass is 9.90. The highest BCUT2D eigenvalue weighted by Crippen LogP contribution is 2.36. The van der Waals surface area contributed by atoms with Crippen molar-refractivity contribution in [3.63, 3.8) is 0 Å². The zero-order valence-corrected chi connectivity index (χ0v) is 14.0. The van der Waals surface area contributed by atoms with Crippen LogP contribution >= 0.6 is 0 Å². The number of hydrogen-bond donors (Lipinski definition) is 1. The van der Waals surface area contributed by atoms with Gasteiger partial charge in [0.1, 0.15) is 17.7 Å². The van der Waals surface area contributed by atoms with Gasteiger partial charge in [-0.15, -0.1) is 0 Å². The van der Waals surface area contributed by atoms with E-state index in [1.54, 1.807) is 18.5 Å².